The molecule has 0 aliphatic carbocycles. The van der Waals surface area contributed by atoms with Crippen molar-refractivity contribution in [2.24, 2.45) is 0 Å². The molecule has 0 spiro atoms. The number of thiazole rings is 1. The number of nitrogens with zero attached hydrogens (tertiary/aromatic N) is 7. The molecular formula is C32H31N7O4S. The number of hydrogen-bond acceptors (Lipinski definition) is 11. The molecule has 2 saturated heterocycles. The van der Waals surface area contributed by atoms with E-state index >= 15 is 0 Å². The average molecular weight is 610 g/mol. The average Bonchev–Trinajstić information content (AvgIpc) is 3.61. The van der Waals surface area contributed by atoms with E-state index in [0.717, 1.165) is 77.1 Å². The number of anilines is 1. The minimum Gasteiger partial charge on any atom is -0.470 e. The van der Waals surface area contributed by atoms with Gasteiger partial charge in [-0.2, -0.15) is 10.2 Å². The van der Waals surface area contributed by atoms with Crippen LogP contribution in [0, 0.1) is 11.3 Å². The van der Waals surface area contributed by atoms with E-state index in [-0.39, 0.29) is 12.1 Å². The van der Waals surface area contributed by atoms with Gasteiger partial charge in [-0.25, -0.2) is 14.8 Å². The molecule has 0 radical (unpaired) electrons. The zero-order valence-electron chi connectivity index (χ0n) is 24.3. The Morgan fingerprint density at radius 2 is 1.91 bits per heavy atom. The van der Waals surface area contributed by atoms with Crippen molar-refractivity contribution in [3.8, 4) is 11.9 Å². The molecular weight excluding hydrogens is 578 g/mol. The molecule has 0 saturated carbocycles. The summed E-state index contributed by atoms with van der Waals surface area (Å²) in [5.41, 5.74) is 3.80. The third-order valence-electron chi connectivity index (χ3n) is 8.10. The van der Waals surface area contributed by atoms with Crippen LogP contribution >= 0.6 is 11.3 Å². The number of carbonyl (C=O) groups is 1. The summed E-state index contributed by atoms with van der Waals surface area (Å²) in [6, 6.07) is 19.0. The molecule has 12 heteroatoms. The standard InChI is InChI=1S/C32H31N7O4S/c1-41-32(40)22-6-8-24-26(16-22)39(18-23-9-14-42-23)29(34-24)19-37-10-12-38(13-11-37)28-3-2-4-30(36-28)43-20-31-35-25-7-5-21(17-33)15-27(25)44-31/h2-8,15-16,23H,9-14,18-20H2,1H3. The molecule has 2 aliphatic rings. The first-order valence-electron chi connectivity index (χ1n) is 14.6. The van der Waals surface area contributed by atoms with Crippen LogP contribution in [0.5, 0.6) is 5.88 Å². The number of aromatic nitrogens is 4. The van der Waals surface area contributed by atoms with Crippen LogP contribution in [-0.4, -0.2) is 76.4 Å². The van der Waals surface area contributed by atoms with Crippen molar-refractivity contribution < 1.29 is 19.0 Å². The Bertz CT molecular complexity index is 1870. The van der Waals surface area contributed by atoms with Crippen LogP contribution < -0.4 is 9.64 Å². The van der Waals surface area contributed by atoms with Crippen molar-refractivity contribution in [1.82, 2.24) is 24.4 Å². The lowest BCUT2D eigenvalue weighted by molar-refractivity contribution is -0.0592. The van der Waals surface area contributed by atoms with E-state index in [1.54, 1.807) is 12.1 Å². The molecule has 2 aromatic carbocycles. The smallest absolute Gasteiger partial charge is 0.337 e. The van der Waals surface area contributed by atoms with Crippen LogP contribution in [0.3, 0.4) is 0 Å². The molecule has 5 heterocycles. The predicted octanol–water partition coefficient (Wildman–Crippen LogP) is 4.39. The molecule has 1 atom stereocenters. The third kappa shape index (κ3) is 5.81. The number of nitriles is 1. The van der Waals surface area contributed by atoms with Crippen LogP contribution in [0.1, 0.15) is 33.2 Å². The van der Waals surface area contributed by atoms with E-state index in [9.17, 15) is 4.79 Å². The van der Waals surface area contributed by atoms with Crippen LogP contribution in [-0.2, 0) is 29.2 Å². The Morgan fingerprint density at radius 1 is 1.07 bits per heavy atom. The molecule has 11 nitrogen and oxygen atoms in total. The monoisotopic (exact) mass is 609 g/mol. The first-order valence-corrected chi connectivity index (χ1v) is 15.4. The Morgan fingerprint density at radius 3 is 2.68 bits per heavy atom. The zero-order valence-corrected chi connectivity index (χ0v) is 25.1. The highest BCUT2D eigenvalue weighted by Crippen LogP contribution is 2.26. The molecule has 0 bridgehead atoms. The van der Waals surface area contributed by atoms with Gasteiger partial charge in [0.15, 0.2) is 0 Å². The number of hydrogen-bond donors (Lipinski definition) is 0. The molecule has 2 aliphatic heterocycles. The second-order valence-electron chi connectivity index (χ2n) is 10.9. The minimum absolute atomic E-state index is 0.163. The van der Waals surface area contributed by atoms with E-state index in [1.165, 1.54) is 18.4 Å². The molecule has 2 fully saturated rings. The minimum atomic E-state index is -0.354. The Labute approximate surface area is 258 Å². The van der Waals surface area contributed by atoms with Crippen LogP contribution in [0.4, 0.5) is 5.82 Å². The van der Waals surface area contributed by atoms with Crippen molar-refractivity contribution in [3.05, 3.63) is 76.6 Å². The van der Waals surface area contributed by atoms with Gasteiger partial charge in [0.1, 0.15) is 23.3 Å². The molecule has 3 aromatic heterocycles. The Hall–Kier alpha value is -4.57. The van der Waals surface area contributed by atoms with Crippen molar-refractivity contribution in [3.63, 3.8) is 0 Å². The quantitative estimate of drug-likeness (QED) is 0.223. The van der Waals surface area contributed by atoms with Gasteiger partial charge < -0.3 is 23.7 Å². The van der Waals surface area contributed by atoms with Gasteiger partial charge in [0, 0.05) is 38.9 Å². The summed E-state index contributed by atoms with van der Waals surface area (Å²) in [4.78, 5) is 31.2. The van der Waals surface area contributed by atoms with Crippen LogP contribution in [0.15, 0.2) is 54.6 Å². The Balaban J connectivity index is 0.998. The Kier molecular flexibility index (Phi) is 7.82. The second-order valence-corrected chi connectivity index (χ2v) is 12.0. The number of pyridine rings is 1. The van der Waals surface area contributed by atoms with E-state index < -0.39 is 0 Å². The van der Waals surface area contributed by atoms with Crippen LogP contribution in [0.25, 0.3) is 21.3 Å². The highest BCUT2D eigenvalue weighted by atomic mass is 32.1. The fourth-order valence-corrected chi connectivity index (χ4v) is 6.53. The van der Waals surface area contributed by atoms with Crippen molar-refractivity contribution in [1.29, 1.82) is 5.26 Å². The van der Waals surface area contributed by atoms with Crippen molar-refractivity contribution in [2.75, 3.05) is 44.8 Å². The highest BCUT2D eigenvalue weighted by molar-refractivity contribution is 7.18. The summed E-state index contributed by atoms with van der Waals surface area (Å²) in [5, 5.41) is 9.99. The lowest BCUT2D eigenvalue weighted by atomic mass is 10.1. The number of ether oxygens (including phenoxy) is 3. The largest absolute Gasteiger partial charge is 0.470 e. The number of imidazole rings is 1. The maximum Gasteiger partial charge on any atom is 0.337 e. The fourth-order valence-electron chi connectivity index (χ4n) is 5.61. The molecule has 44 heavy (non-hydrogen) atoms. The highest BCUT2D eigenvalue weighted by Gasteiger charge is 2.25. The number of rotatable bonds is 9. The number of piperazine rings is 1. The molecule has 0 amide bonds. The molecule has 7 rings (SSSR count). The molecule has 0 N–H and O–H groups in total. The van der Waals surface area contributed by atoms with Crippen molar-refractivity contribution in [2.45, 2.75) is 32.2 Å². The number of fused-ring (bicyclic) bond motifs is 2. The first-order chi connectivity index (χ1) is 21.6. The van der Waals surface area contributed by atoms with Gasteiger partial charge in [0.25, 0.3) is 0 Å². The van der Waals surface area contributed by atoms with E-state index in [2.05, 4.69) is 25.4 Å². The summed E-state index contributed by atoms with van der Waals surface area (Å²) in [6.45, 7) is 5.90. The van der Waals surface area contributed by atoms with Crippen molar-refractivity contribution >= 4 is 44.4 Å². The zero-order chi connectivity index (χ0) is 30.0. The second kappa shape index (κ2) is 12.2. The summed E-state index contributed by atoms with van der Waals surface area (Å²) >= 11 is 1.53. The van der Waals surface area contributed by atoms with Gasteiger partial charge >= 0.3 is 5.97 Å². The third-order valence-corrected chi connectivity index (χ3v) is 9.10. The van der Waals surface area contributed by atoms with E-state index in [4.69, 9.17) is 29.4 Å². The van der Waals surface area contributed by atoms with E-state index in [0.29, 0.717) is 36.7 Å². The molecule has 1 unspecified atom stereocenters. The lowest BCUT2D eigenvalue weighted by Crippen LogP contribution is -2.46. The number of benzene rings is 2. The SMILES string of the molecule is COC(=O)c1ccc2nc(CN3CCN(c4cccc(OCc5nc6ccc(C#N)cc6s5)n4)CC3)n(CC3CCO3)c2c1. The lowest BCUT2D eigenvalue weighted by Gasteiger charge is -2.35. The van der Waals surface area contributed by atoms with E-state index in [1.807, 2.05) is 42.5 Å². The maximum absolute atomic E-state index is 12.2. The number of esters is 1. The molecule has 224 valence electrons. The predicted molar refractivity (Wildman–Crippen MR) is 166 cm³/mol. The van der Waals surface area contributed by atoms with Gasteiger partial charge in [0.2, 0.25) is 5.88 Å². The van der Waals surface area contributed by atoms with Crippen LogP contribution in [0.2, 0.25) is 0 Å². The van der Waals surface area contributed by atoms with Gasteiger partial charge in [-0.15, -0.1) is 11.3 Å². The summed E-state index contributed by atoms with van der Waals surface area (Å²) in [6.07, 6.45) is 1.19. The topological polar surface area (TPSA) is 119 Å². The summed E-state index contributed by atoms with van der Waals surface area (Å²) < 4.78 is 19.9. The van der Waals surface area contributed by atoms with Gasteiger partial charge in [-0.1, -0.05) is 6.07 Å². The maximum atomic E-state index is 12.2. The van der Waals surface area contributed by atoms with Gasteiger partial charge in [0.05, 0.1) is 64.7 Å². The van der Waals surface area contributed by atoms with Gasteiger partial charge in [-0.05, 0) is 48.9 Å². The fraction of sp³-hybridized carbons (Fsp3) is 0.344. The molecule has 5 aromatic rings. The first kappa shape index (κ1) is 28.2. The number of methoxy groups -OCH3 is 1. The normalized spacial score (nSPS) is 17.0. The van der Waals surface area contributed by atoms with Gasteiger partial charge in [-0.3, -0.25) is 4.90 Å². The summed E-state index contributed by atoms with van der Waals surface area (Å²) in [5.74, 6) is 2.06. The number of carbonyl (C=O) groups excluding carboxylic acids is 1. The summed E-state index contributed by atoms with van der Waals surface area (Å²) in [7, 11) is 1.40.